The second kappa shape index (κ2) is 5.53. The number of amides is 2. The van der Waals surface area contributed by atoms with Gasteiger partial charge in [0.05, 0.1) is 5.54 Å². The van der Waals surface area contributed by atoms with Gasteiger partial charge >= 0.3 is 6.03 Å². The Morgan fingerprint density at radius 1 is 1.25 bits per heavy atom. The van der Waals surface area contributed by atoms with Gasteiger partial charge in [0, 0.05) is 26.7 Å². The second-order valence-electron chi connectivity index (χ2n) is 4.68. The smallest absolute Gasteiger partial charge is 0.320 e. The van der Waals surface area contributed by atoms with Crippen LogP contribution in [-0.2, 0) is 0 Å². The molecule has 0 aromatic carbocycles. The molecule has 0 heterocycles. The van der Waals surface area contributed by atoms with Gasteiger partial charge in [0.25, 0.3) is 0 Å². The third-order valence-corrected chi connectivity index (χ3v) is 3.83. The zero-order valence-corrected chi connectivity index (χ0v) is 10.8. The van der Waals surface area contributed by atoms with Crippen LogP contribution in [0.25, 0.3) is 0 Å². The third-order valence-electron chi connectivity index (χ3n) is 3.83. The monoisotopic (exact) mass is 227 g/mol. The Hall–Kier alpha value is -0.770. The van der Waals surface area contributed by atoms with Gasteiger partial charge in [0.1, 0.15) is 0 Å². The summed E-state index contributed by atoms with van der Waals surface area (Å²) >= 11 is 0. The lowest BCUT2D eigenvalue weighted by Gasteiger charge is -2.41. The van der Waals surface area contributed by atoms with E-state index < -0.39 is 0 Å². The van der Waals surface area contributed by atoms with E-state index in [1.807, 2.05) is 25.8 Å². The maximum Gasteiger partial charge on any atom is 0.320 e. The van der Waals surface area contributed by atoms with Gasteiger partial charge in [-0.15, -0.1) is 0 Å². The Morgan fingerprint density at radius 3 is 2.19 bits per heavy atom. The quantitative estimate of drug-likeness (QED) is 0.794. The normalized spacial score (nSPS) is 18.5. The lowest BCUT2D eigenvalue weighted by atomic mass is 9.95. The van der Waals surface area contributed by atoms with Gasteiger partial charge in [0.2, 0.25) is 0 Å². The van der Waals surface area contributed by atoms with Gasteiger partial charge in [-0.05, 0) is 26.7 Å². The molecule has 1 fully saturated rings. The molecular weight excluding hydrogens is 202 g/mol. The molecule has 1 rings (SSSR count). The molecule has 1 aliphatic rings. The molecule has 4 heteroatoms. The van der Waals surface area contributed by atoms with Crippen LogP contribution in [0.5, 0.6) is 0 Å². The van der Waals surface area contributed by atoms with Crippen molar-refractivity contribution in [2.75, 3.05) is 26.7 Å². The number of hydrogen-bond donors (Lipinski definition) is 1. The zero-order valence-electron chi connectivity index (χ0n) is 10.8. The molecule has 0 unspecified atom stereocenters. The van der Waals surface area contributed by atoms with Crippen molar-refractivity contribution in [3.05, 3.63) is 0 Å². The van der Waals surface area contributed by atoms with Gasteiger partial charge < -0.3 is 15.5 Å². The van der Waals surface area contributed by atoms with Crippen molar-refractivity contribution in [3.63, 3.8) is 0 Å². The lowest BCUT2D eigenvalue weighted by molar-refractivity contribution is 0.101. The van der Waals surface area contributed by atoms with Gasteiger partial charge in [-0.3, -0.25) is 0 Å². The molecule has 0 atom stereocenters. The topological polar surface area (TPSA) is 49.6 Å². The average Bonchev–Trinajstić information content (AvgIpc) is 2.78. The van der Waals surface area contributed by atoms with Crippen LogP contribution in [0.2, 0.25) is 0 Å². The van der Waals surface area contributed by atoms with Gasteiger partial charge in [-0.1, -0.05) is 12.8 Å². The van der Waals surface area contributed by atoms with Crippen molar-refractivity contribution < 1.29 is 4.79 Å². The fourth-order valence-electron chi connectivity index (χ4n) is 2.63. The summed E-state index contributed by atoms with van der Waals surface area (Å²) in [6.45, 7) is 6.12. The predicted octanol–water partition coefficient (Wildman–Crippen LogP) is 1.65. The number of urea groups is 1. The first-order valence-electron chi connectivity index (χ1n) is 6.34. The number of carbonyl (C=O) groups is 1. The van der Waals surface area contributed by atoms with Gasteiger partial charge in [0.15, 0.2) is 0 Å². The Morgan fingerprint density at radius 2 is 1.81 bits per heavy atom. The number of nitrogens with zero attached hydrogens (tertiary/aromatic N) is 2. The van der Waals surface area contributed by atoms with Crippen LogP contribution in [0.3, 0.4) is 0 Å². The van der Waals surface area contributed by atoms with Crippen LogP contribution in [-0.4, -0.2) is 48.1 Å². The fourth-order valence-corrected chi connectivity index (χ4v) is 2.63. The molecule has 4 nitrogen and oxygen atoms in total. The molecule has 0 aromatic heterocycles. The molecule has 94 valence electrons. The summed E-state index contributed by atoms with van der Waals surface area (Å²) in [6, 6.07) is 0.123. The van der Waals surface area contributed by atoms with Crippen LogP contribution in [0.4, 0.5) is 4.79 Å². The van der Waals surface area contributed by atoms with E-state index in [0.29, 0.717) is 6.54 Å². The summed E-state index contributed by atoms with van der Waals surface area (Å²) in [6.07, 6.45) is 4.49. The molecular formula is C12H25N3O. The summed E-state index contributed by atoms with van der Waals surface area (Å²) in [5.74, 6) is 0. The zero-order chi connectivity index (χ0) is 12.2. The number of likely N-dealkylation sites (N-methyl/N-ethyl adjacent to an activating group) is 1. The van der Waals surface area contributed by atoms with Crippen molar-refractivity contribution in [1.29, 1.82) is 0 Å². The van der Waals surface area contributed by atoms with E-state index in [0.717, 1.165) is 25.9 Å². The summed E-state index contributed by atoms with van der Waals surface area (Å²) in [7, 11) is 1.85. The minimum absolute atomic E-state index is 0.0741. The van der Waals surface area contributed by atoms with Gasteiger partial charge in [-0.25, -0.2) is 4.79 Å². The predicted molar refractivity (Wildman–Crippen MR) is 66.3 cm³/mol. The number of carbonyl (C=O) groups excluding carboxylic acids is 1. The number of rotatable bonds is 4. The highest BCUT2D eigenvalue weighted by atomic mass is 16.2. The molecule has 0 radical (unpaired) electrons. The van der Waals surface area contributed by atoms with Crippen molar-refractivity contribution in [3.8, 4) is 0 Å². The fraction of sp³-hybridized carbons (Fsp3) is 0.917. The van der Waals surface area contributed by atoms with E-state index >= 15 is 0 Å². The molecule has 2 N–H and O–H groups in total. The Bertz CT molecular complexity index is 236. The van der Waals surface area contributed by atoms with Crippen LogP contribution in [0, 0.1) is 0 Å². The highest BCUT2D eigenvalue weighted by molar-refractivity contribution is 5.75. The van der Waals surface area contributed by atoms with Crippen LogP contribution in [0.1, 0.15) is 39.5 Å². The number of nitrogens with two attached hydrogens (primary N) is 1. The maximum absolute atomic E-state index is 12.3. The lowest BCUT2D eigenvalue weighted by Crippen LogP contribution is -2.57. The highest BCUT2D eigenvalue weighted by Gasteiger charge is 2.40. The first-order chi connectivity index (χ1) is 7.61. The standard InChI is InChI=1S/C12H25N3O/c1-4-14(3)11(16)15(5-2)12(10-13)8-6-7-9-12/h4-10,13H2,1-3H3. The molecule has 16 heavy (non-hydrogen) atoms. The Kier molecular flexibility index (Phi) is 4.59. The van der Waals surface area contributed by atoms with Crippen molar-refractivity contribution in [2.24, 2.45) is 5.73 Å². The van der Waals surface area contributed by atoms with Crippen molar-refractivity contribution >= 4 is 6.03 Å². The minimum Gasteiger partial charge on any atom is -0.328 e. The molecule has 2 amide bonds. The van der Waals surface area contributed by atoms with E-state index in [9.17, 15) is 4.79 Å². The molecule has 1 aliphatic carbocycles. The molecule has 0 spiro atoms. The van der Waals surface area contributed by atoms with Crippen LogP contribution >= 0.6 is 0 Å². The summed E-state index contributed by atoms with van der Waals surface area (Å²) < 4.78 is 0. The van der Waals surface area contributed by atoms with Crippen LogP contribution < -0.4 is 5.73 Å². The van der Waals surface area contributed by atoms with Crippen molar-refractivity contribution in [1.82, 2.24) is 9.80 Å². The Labute approximate surface area is 98.8 Å². The maximum atomic E-state index is 12.3. The van der Waals surface area contributed by atoms with E-state index in [-0.39, 0.29) is 11.6 Å². The Balaban J connectivity index is 2.83. The third kappa shape index (κ3) is 2.32. The van der Waals surface area contributed by atoms with E-state index in [2.05, 4.69) is 0 Å². The summed E-state index contributed by atoms with van der Waals surface area (Å²) in [4.78, 5) is 16.0. The summed E-state index contributed by atoms with van der Waals surface area (Å²) in [5, 5.41) is 0. The molecule has 0 aromatic rings. The van der Waals surface area contributed by atoms with E-state index in [1.54, 1.807) is 4.90 Å². The van der Waals surface area contributed by atoms with Crippen molar-refractivity contribution in [2.45, 2.75) is 45.1 Å². The highest BCUT2D eigenvalue weighted by Crippen LogP contribution is 2.34. The molecule has 1 saturated carbocycles. The molecule has 0 bridgehead atoms. The first kappa shape index (κ1) is 13.3. The SMILES string of the molecule is CCN(C)C(=O)N(CC)C1(CN)CCCC1. The average molecular weight is 227 g/mol. The second-order valence-corrected chi connectivity index (χ2v) is 4.68. The number of hydrogen-bond acceptors (Lipinski definition) is 2. The van der Waals surface area contributed by atoms with Crippen LogP contribution in [0.15, 0.2) is 0 Å². The van der Waals surface area contributed by atoms with Gasteiger partial charge in [-0.2, -0.15) is 0 Å². The summed E-state index contributed by atoms with van der Waals surface area (Å²) in [5.41, 5.74) is 5.84. The largest absolute Gasteiger partial charge is 0.328 e. The van der Waals surface area contributed by atoms with E-state index in [4.69, 9.17) is 5.73 Å². The minimum atomic E-state index is -0.0741. The molecule has 0 saturated heterocycles. The van der Waals surface area contributed by atoms with E-state index in [1.165, 1.54) is 12.8 Å². The molecule has 0 aliphatic heterocycles. The first-order valence-corrected chi connectivity index (χ1v) is 6.34.